The van der Waals surface area contributed by atoms with Crippen molar-refractivity contribution in [2.45, 2.75) is 0 Å². The van der Waals surface area contributed by atoms with Crippen molar-refractivity contribution in [1.29, 1.82) is 0 Å². The minimum atomic E-state index is -1.03. The third-order valence-electron chi connectivity index (χ3n) is 1.80. The highest BCUT2D eigenvalue weighted by molar-refractivity contribution is 5.86. The second-order valence-electron chi connectivity index (χ2n) is 2.79. The summed E-state index contributed by atoms with van der Waals surface area (Å²) in [6.07, 6.45) is 3.09. The van der Waals surface area contributed by atoms with Crippen molar-refractivity contribution in [3.63, 3.8) is 0 Å². The van der Waals surface area contributed by atoms with E-state index in [0.717, 1.165) is 6.08 Å². The van der Waals surface area contributed by atoms with E-state index in [1.54, 1.807) is 18.2 Å². The summed E-state index contributed by atoms with van der Waals surface area (Å²) < 4.78 is 4.95. The lowest BCUT2D eigenvalue weighted by molar-refractivity contribution is -0.131. The molecule has 0 radical (unpaired) electrons. The largest absolute Gasteiger partial charge is 0.496 e. The number of ether oxygens (including phenoxy) is 1. The van der Waals surface area contributed by atoms with Crippen molar-refractivity contribution >= 4 is 18.3 Å². The van der Waals surface area contributed by atoms with Gasteiger partial charge in [0, 0.05) is 6.08 Å². The number of hydrogen-bond donors (Lipinski definition) is 1. The molecule has 0 spiro atoms. The molecule has 0 bridgehead atoms. The van der Waals surface area contributed by atoms with Crippen LogP contribution < -0.4 is 4.74 Å². The average molecular weight is 206 g/mol. The number of carbonyl (C=O) groups excluding carboxylic acids is 1. The van der Waals surface area contributed by atoms with E-state index in [2.05, 4.69) is 0 Å². The quantitative estimate of drug-likeness (QED) is 0.600. The molecule has 0 amide bonds. The fourth-order valence-corrected chi connectivity index (χ4v) is 1.12. The zero-order valence-corrected chi connectivity index (χ0v) is 8.14. The zero-order chi connectivity index (χ0) is 11.3. The third kappa shape index (κ3) is 2.95. The van der Waals surface area contributed by atoms with Crippen LogP contribution in [-0.4, -0.2) is 24.5 Å². The number of carboxylic acids is 1. The van der Waals surface area contributed by atoms with Gasteiger partial charge in [0.05, 0.1) is 12.7 Å². The number of aliphatic carboxylic acids is 1. The molecule has 1 aromatic rings. The number of carboxylic acid groups (broad SMARTS) is 1. The summed E-state index contributed by atoms with van der Waals surface area (Å²) in [6, 6.07) is 4.85. The van der Waals surface area contributed by atoms with Crippen LogP contribution in [0.5, 0.6) is 5.75 Å². The van der Waals surface area contributed by atoms with Crippen molar-refractivity contribution in [3.8, 4) is 5.75 Å². The van der Waals surface area contributed by atoms with Gasteiger partial charge in [0.2, 0.25) is 0 Å². The van der Waals surface area contributed by atoms with Crippen molar-refractivity contribution < 1.29 is 19.4 Å². The average Bonchev–Trinajstić information content (AvgIpc) is 2.25. The van der Waals surface area contributed by atoms with Gasteiger partial charge in [-0.1, -0.05) is 6.07 Å². The van der Waals surface area contributed by atoms with Gasteiger partial charge in [-0.05, 0) is 23.8 Å². The molecule has 0 saturated carbocycles. The first-order valence-corrected chi connectivity index (χ1v) is 4.21. The van der Waals surface area contributed by atoms with Crippen LogP contribution in [0.2, 0.25) is 0 Å². The number of methoxy groups -OCH3 is 1. The standard InChI is InChI=1S/C11H10O4/c1-15-10-4-2-8(3-5-11(13)14)6-9(10)7-12/h2-7H,1H3,(H,13,14)/b5-3+. The second-order valence-corrected chi connectivity index (χ2v) is 2.79. The van der Waals surface area contributed by atoms with Gasteiger partial charge >= 0.3 is 5.97 Å². The highest BCUT2D eigenvalue weighted by atomic mass is 16.5. The number of benzene rings is 1. The summed E-state index contributed by atoms with van der Waals surface area (Å²) in [7, 11) is 1.47. The van der Waals surface area contributed by atoms with E-state index in [1.807, 2.05) is 0 Å². The Morgan fingerprint density at radius 3 is 2.73 bits per heavy atom. The van der Waals surface area contributed by atoms with Crippen LogP contribution in [0.3, 0.4) is 0 Å². The molecule has 15 heavy (non-hydrogen) atoms. The molecule has 78 valence electrons. The first-order valence-electron chi connectivity index (χ1n) is 4.21. The molecular formula is C11H10O4. The van der Waals surface area contributed by atoms with Gasteiger partial charge in [-0.25, -0.2) is 4.79 Å². The zero-order valence-electron chi connectivity index (χ0n) is 8.14. The summed E-state index contributed by atoms with van der Waals surface area (Å²) in [4.78, 5) is 20.9. The fraction of sp³-hybridized carbons (Fsp3) is 0.0909. The second kappa shape index (κ2) is 4.95. The Hall–Kier alpha value is -2.10. The number of rotatable bonds is 4. The van der Waals surface area contributed by atoms with E-state index in [1.165, 1.54) is 13.2 Å². The summed E-state index contributed by atoms with van der Waals surface area (Å²) in [5, 5.41) is 8.42. The Morgan fingerprint density at radius 1 is 1.47 bits per heavy atom. The van der Waals surface area contributed by atoms with Gasteiger partial charge in [-0.15, -0.1) is 0 Å². The van der Waals surface area contributed by atoms with E-state index in [9.17, 15) is 9.59 Å². The van der Waals surface area contributed by atoms with Gasteiger partial charge in [-0.2, -0.15) is 0 Å². The molecular weight excluding hydrogens is 196 g/mol. The van der Waals surface area contributed by atoms with Crippen LogP contribution in [0.1, 0.15) is 15.9 Å². The molecule has 1 N–H and O–H groups in total. The van der Waals surface area contributed by atoms with Gasteiger partial charge in [-0.3, -0.25) is 4.79 Å². The fourth-order valence-electron chi connectivity index (χ4n) is 1.12. The summed E-state index contributed by atoms with van der Waals surface area (Å²) in [5.41, 5.74) is 1.03. The van der Waals surface area contributed by atoms with Crippen LogP contribution in [0.15, 0.2) is 24.3 Å². The summed E-state index contributed by atoms with van der Waals surface area (Å²) in [6.45, 7) is 0. The Kier molecular flexibility index (Phi) is 3.62. The SMILES string of the molecule is COc1ccc(/C=C/C(=O)O)cc1C=O. The lowest BCUT2D eigenvalue weighted by atomic mass is 10.1. The van der Waals surface area contributed by atoms with Crippen molar-refractivity contribution in [1.82, 2.24) is 0 Å². The number of aldehydes is 1. The Bertz CT molecular complexity index is 407. The molecule has 0 heterocycles. The van der Waals surface area contributed by atoms with E-state index < -0.39 is 5.97 Å². The Labute approximate surface area is 86.8 Å². The molecule has 0 atom stereocenters. The van der Waals surface area contributed by atoms with Crippen LogP contribution >= 0.6 is 0 Å². The van der Waals surface area contributed by atoms with Crippen molar-refractivity contribution in [2.24, 2.45) is 0 Å². The Balaban J connectivity index is 3.03. The van der Waals surface area contributed by atoms with E-state index in [-0.39, 0.29) is 0 Å². The lowest BCUT2D eigenvalue weighted by Crippen LogP contribution is -1.91. The van der Waals surface area contributed by atoms with Crippen LogP contribution in [-0.2, 0) is 4.79 Å². The predicted octanol–water partition coefficient (Wildman–Crippen LogP) is 1.61. The van der Waals surface area contributed by atoms with E-state index >= 15 is 0 Å². The molecule has 0 aliphatic heterocycles. The summed E-state index contributed by atoms with van der Waals surface area (Å²) in [5.74, 6) is -0.559. The Morgan fingerprint density at radius 2 is 2.20 bits per heavy atom. The molecule has 0 aliphatic rings. The molecule has 0 aromatic heterocycles. The third-order valence-corrected chi connectivity index (χ3v) is 1.80. The molecule has 4 nitrogen and oxygen atoms in total. The lowest BCUT2D eigenvalue weighted by Gasteiger charge is -2.03. The maximum absolute atomic E-state index is 10.7. The monoisotopic (exact) mass is 206 g/mol. The van der Waals surface area contributed by atoms with Crippen LogP contribution in [0.25, 0.3) is 6.08 Å². The van der Waals surface area contributed by atoms with Gasteiger partial charge in [0.15, 0.2) is 6.29 Å². The molecule has 1 rings (SSSR count). The van der Waals surface area contributed by atoms with Crippen molar-refractivity contribution in [3.05, 3.63) is 35.4 Å². The number of carbonyl (C=O) groups is 2. The highest BCUT2D eigenvalue weighted by Gasteiger charge is 2.01. The molecule has 0 saturated heterocycles. The van der Waals surface area contributed by atoms with Crippen molar-refractivity contribution in [2.75, 3.05) is 7.11 Å². The van der Waals surface area contributed by atoms with E-state index in [4.69, 9.17) is 9.84 Å². The minimum Gasteiger partial charge on any atom is -0.496 e. The van der Waals surface area contributed by atoms with Gasteiger partial charge in [0.25, 0.3) is 0 Å². The molecule has 4 heteroatoms. The molecule has 0 unspecified atom stereocenters. The topological polar surface area (TPSA) is 63.6 Å². The molecule has 0 aliphatic carbocycles. The normalized spacial score (nSPS) is 10.2. The summed E-state index contributed by atoms with van der Waals surface area (Å²) >= 11 is 0. The maximum Gasteiger partial charge on any atom is 0.328 e. The molecule has 0 fully saturated rings. The van der Waals surface area contributed by atoms with Gasteiger partial charge in [0.1, 0.15) is 5.75 Å². The van der Waals surface area contributed by atoms with E-state index in [0.29, 0.717) is 23.2 Å². The first-order chi connectivity index (χ1) is 7.17. The number of hydrogen-bond acceptors (Lipinski definition) is 3. The maximum atomic E-state index is 10.7. The van der Waals surface area contributed by atoms with Gasteiger partial charge < -0.3 is 9.84 Å². The minimum absolute atomic E-state index is 0.394. The first kappa shape index (κ1) is 11.0. The van der Waals surface area contributed by atoms with Crippen LogP contribution in [0.4, 0.5) is 0 Å². The van der Waals surface area contributed by atoms with Crippen LogP contribution in [0, 0.1) is 0 Å². The predicted molar refractivity (Wildman–Crippen MR) is 55.1 cm³/mol. The highest BCUT2D eigenvalue weighted by Crippen LogP contribution is 2.18. The smallest absolute Gasteiger partial charge is 0.328 e. The molecule has 1 aromatic carbocycles.